The molecule has 2 aliphatic heterocycles. The number of ether oxygens (including phenoxy) is 2. The summed E-state index contributed by atoms with van der Waals surface area (Å²) in [6.45, 7) is 3.51. The Bertz CT molecular complexity index is 970. The molecule has 0 amide bonds. The van der Waals surface area contributed by atoms with Crippen molar-refractivity contribution in [3.05, 3.63) is 59.9 Å². The third kappa shape index (κ3) is 4.37. The molecular weight excluding hydrogens is 407 g/mol. The van der Waals surface area contributed by atoms with E-state index in [1.54, 1.807) is 0 Å². The fraction of sp³-hybridized carbons (Fsp3) is 0.455. The van der Waals surface area contributed by atoms with Gasteiger partial charge in [0.1, 0.15) is 16.5 Å². The van der Waals surface area contributed by atoms with E-state index in [-0.39, 0.29) is 22.6 Å². The first-order valence-corrected chi connectivity index (χ1v) is 11.6. The second-order valence-electron chi connectivity index (χ2n) is 7.81. The maximum Gasteiger partial charge on any atom is 0.246 e. The molecule has 2 saturated heterocycles. The first kappa shape index (κ1) is 21.2. The van der Waals surface area contributed by atoms with Crippen LogP contribution in [-0.2, 0) is 21.3 Å². The van der Waals surface area contributed by atoms with Gasteiger partial charge in [-0.2, -0.15) is 4.31 Å². The van der Waals surface area contributed by atoms with Crippen LogP contribution in [0.5, 0.6) is 5.75 Å². The Labute approximate surface area is 177 Å². The Kier molecular flexibility index (Phi) is 6.38. The van der Waals surface area contributed by atoms with Crippen molar-refractivity contribution < 1.29 is 22.3 Å². The van der Waals surface area contributed by atoms with E-state index < -0.39 is 15.8 Å². The molecule has 0 unspecified atom stereocenters. The van der Waals surface area contributed by atoms with E-state index >= 15 is 0 Å². The van der Waals surface area contributed by atoms with Gasteiger partial charge in [0.2, 0.25) is 10.0 Å². The summed E-state index contributed by atoms with van der Waals surface area (Å²) in [6.07, 6.45) is 0.706. The van der Waals surface area contributed by atoms with E-state index in [9.17, 15) is 12.8 Å². The fourth-order valence-corrected chi connectivity index (χ4v) is 6.12. The maximum absolute atomic E-state index is 13.8. The number of methoxy groups -OCH3 is 1. The molecule has 0 spiro atoms. The van der Waals surface area contributed by atoms with Crippen LogP contribution in [0, 0.1) is 11.7 Å². The summed E-state index contributed by atoms with van der Waals surface area (Å²) >= 11 is 0. The molecule has 30 heavy (non-hydrogen) atoms. The third-order valence-corrected chi connectivity index (χ3v) is 7.84. The zero-order valence-corrected chi connectivity index (χ0v) is 17.9. The van der Waals surface area contributed by atoms with Gasteiger partial charge in [-0.15, -0.1) is 0 Å². The predicted molar refractivity (Wildman–Crippen MR) is 111 cm³/mol. The van der Waals surface area contributed by atoms with Crippen molar-refractivity contribution in [2.24, 2.45) is 5.92 Å². The minimum Gasteiger partial charge on any atom is -0.495 e. The minimum absolute atomic E-state index is 0.0549. The largest absolute Gasteiger partial charge is 0.495 e. The zero-order chi connectivity index (χ0) is 21.1. The topological polar surface area (TPSA) is 59.1 Å². The second-order valence-corrected chi connectivity index (χ2v) is 9.71. The third-order valence-electron chi connectivity index (χ3n) is 5.95. The highest BCUT2D eigenvalue weighted by atomic mass is 32.2. The molecule has 162 valence electrons. The molecule has 2 fully saturated rings. The number of rotatable bonds is 5. The van der Waals surface area contributed by atoms with Crippen molar-refractivity contribution in [3.63, 3.8) is 0 Å². The standard InChI is InChI=1S/C22H27FN2O4S/c1-28-21-8-7-19(23)13-22(21)30(26,27)25-10-9-20-18(15-25)16-29-12-11-24(20)14-17-5-3-2-4-6-17/h2-8,13,18,20H,9-12,14-16H2,1H3/t18-,20-/m1/s1. The van der Waals surface area contributed by atoms with Gasteiger partial charge >= 0.3 is 0 Å². The van der Waals surface area contributed by atoms with Gasteiger partial charge in [0.05, 0.1) is 20.3 Å². The molecule has 0 aromatic heterocycles. The van der Waals surface area contributed by atoms with Crippen LogP contribution in [0.25, 0.3) is 0 Å². The Morgan fingerprint density at radius 3 is 2.73 bits per heavy atom. The van der Waals surface area contributed by atoms with Crippen LogP contribution in [-0.4, -0.2) is 63.6 Å². The average molecular weight is 435 g/mol. The first-order chi connectivity index (χ1) is 14.5. The average Bonchev–Trinajstić information content (AvgIpc) is 2.96. The summed E-state index contributed by atoms with van der Waals surface area (Å²) in [5, 5.41) is 0. The van der Waals surface area contributed by atoms with E-state index in [0.29, 0.717) is 32.7 Å². The van der Waals surface area contributed by atoms with Gasteiger partial charge in [0.15, 0.2) is 0 Å². The highest BCUT2D eigenvalue weighted by molar-refractivity contribution is 7.89. The predicted octanol–water partition coefficient (Wildman–Crippen LogP) is 2.75. The molecule has 6 nitrogen and oxygen atoms in total. The molecule has 8 heteroatoms. The second kappa shape index (κ2) is 9.01. The first-order valence-electron chi connectivity index (χ1n) is 10.2. The molecule has 0 bridgehead atoms. The molecule has 0 N–H and O–H groups in total. The van der Waals surface area contributed by atoms with Crippen LogP contribution >= 0.6 is 0 Å². The lowest BCUT2D eigenvalue weighted by Gasteiger charge is -2.41. The number of benzene rings is 2. The lowest BCUT2D eigenvalue weighted by molar-refractivity contribution is 0.0761. The van der Waals surface area contributed by atoms with E-state index in [2.05, 4.69) is 17.0 Å². The maximum atomic E-state index is 13.8. The minimum atomic E-state index is -3.87. The Morgan fingerprint density at radius 1 is 1.17 bits per heavy atom. The molecule has 2 aliphatic rings. The van der Waals surface area contributed by atoms with Gasteiger partial charge < -0.3 is 9.47 Å². The summed E-state index contributed by atoms with van der Waals surface area (Å²) in [5.41, 5.74) is 1.23. The Hall–Kier alpha value is -2.00. The molecule has 2 heterocycles. The number of hydrogen-bond donors (Lipinski definition) is 0. The summed E-state index contributed by atoms with van der Waals surface area (Å²) in [7, 11) is -2.48. The Balaban J connectivity index is 1.54. The van der Waals surface area contributed by atoms with Crippen LogP contribution in [0.1, 0.15) is 12.0 Å². The Morgan fingerprint density at radius 2 is 1.97 bits per heavy atom. The smallest absolute Gasteiger partial charge is 0.246 e. The van der Waals surface area contributed by atoms with Gasteiger partial charge in [-0.3, -0.25) is 4.90 Å². The van der Waals surface area contributed by atoms with Gasteiger partial charge in [-0.1, -0.05) is 30.3 Å². The van der Waals surface area contributed by atoms with Gasteiger partial charge in [0.25, 0.3) is 0 Å². The molecule has 0 saturated carbocycles. The fourth-order valence-electron chi connectivity index (χ4n) is 4.44. The number of sulfonamides is 1. The normalized spacial score (nSPS) is 23.5. The van der Waals surface area contributed by atoms with Gasteiger partial charge in [-0.05, 0) is 30.2 Å². The summed E-state index contributed by atoms with van der Waals surface area (Å²) in [4.78, 5) is 2.28. The van der Waals surface area contributed by atoms with Crippen molar-refractivity contribution >= 4 is 10.0 Å². The molecule has 4 rings (SSSR count). The summed E-state index contributed by atoms with van der Waals surface area (Å²) in [6, 6.07) is 14.1. The number of fused-ring (bicyclic) bond motifs is 1. The quantitative estimate of drug-likeness (QED) is 0.724. The van der Waals surface area contributed by atoms with Crippen LogP contribution in [0.3, 0.4) is 0 Å². The number of hydrogen-bond acceptors (Lipinski definition) is 5. The number of piperidine rings is 1. The highest BCUT2D eigenvalue weighted by Gasteiger charge is 2.40. The molecule has 2 aromatic carbocycles. The van der Waals surface area contributed by atoms with E-state index in [0.717, 1.165) is 19.2 Å². The van der Waals surface area contributed by atoms with E-state index in [1.165, 1.54) is 29.1 Å². The van der Waals surface area contributed by atoms with Crippen molar-refractivity contribution in [1.29, 1.82) is 0 Å². The van der Waals surface area contributed by atoms with Crippen molar-refractivity contribution in [1.82, 2.24) is 9.21 Å². The highest BCUT2D eigenvalue weighted by Crippen LogP contribution is 2.33. The van der Waals surface area contributed by atoms with Crippen molar-refractivity contribution in [2.45, 2.75) is 23.9 Å². The monoisotopic (exact) mass is 434 g/mol. The molecule has 0 aliphatic carbocycles. The lowest BCUT2D eigenvalue weighted by atomic mass is 9.92. The molecule has 2 aromatic rings. The number of nitrogens with zero attached hydrogens (tertiary/aromatic N) is 2. The molecule has 0 radical (unpaired) electrons. The van der Waals surface area contributed by atoms with Gasteiger partial charge in [-0.25, -0.2) is 12.8 Å². The van der Waals surface area contributed by atoms with Crippen LogP contribution < -0.4 is 4.74 Å². The number of halogens is 1. The summed E-state index contributed by atoms with van der Waals surface area (Å²) in [5.74, 6) is -0.392. The van der Waals surface area contributed by atoms with Crippen LogP contribution in [0.4, 0.5) is 4.39 Å². The van der Waals surface area contributed by atoms with Gasteiger partial charge in [0, 0.05) is 38.1 Å². The van der Waals surface area contributed by atoms with Crippen LogP contribution in [0.15, 0.2) is 53.4 Å². The van der Waals surface area contributed by atoms with Crippen molar-refractivity contribution in [2.75, 3.05) is 40.0 Å². The van der Waals surface area contributed by atoms with Crippen LogP contribution in [0.2, 0.25) is 0 Å². The zero-order valence-electron chi connectivity index (χ0n) is 17.0. The molecular formula is C22H27FN2O4S. The van der Waals surface area contributed by atoms with Crippen molar-refractivity contribution in [3.8, 4) is 5.75 Å². The van der Waals surface area contributed by atoms with E-state index in [4.69, 9.17) is 9.47 Å². The molecule has 2 atom stereocenters. The van der Waals surface area contributed by atoms with E-state index in [1.807, 2.05) is 18.2 Å². The lowest BCUT2D eigenvalue weighted by Crippen LogP contribution is -2.52. The SMILES string of the molecule is COc1ccc(F)cc1S(=O)(=O)N1CC[C@@H]2[C@@H](COCCN2Cc2ccccc2)C1. The summed E-state index contributed by atoms with van der Waals surface area (Å²) < 4.78 is 52.8.